The van der Waals surface area contributed by atoms with Crippen molar-refractivity contribution in [2.75, 3.05) is 5.32 Å². The number of nitrogens with one attached hydrogen (secondary N) is 1. The maximum atomic E-state index is 11.4. The van der Waals surface area contributed by atoms with Gasteiger partial charge in [-0.15, -0.1) is 0 Å². The summed E-state index contributed by atoms with van der Waals surface area (Å²) < 4.78 is 5.15. The summed E-state index contributed by atoms with van der Waals surface area (Å²) in [6.07, 6.45) is 1.46. The van der Waals surface area contributed by atoms with Crippen molar-refractivity contribution in [3.05, 3.63) is 77.2 Å². The van der Waals surface area contributed by atoms with Crippen LogP contribution in [0.25, 0.3) is 11.1 Å². The molecule has 5 heteroatoms. The van der Waals surface area contributed by atoms with Gasteiger partial charge in [0.2, 0.25) is 0 Å². The molecule has 0 aliphatic heterocycles. The highest BCUT2D eigenvalue weighted by molar-refractivity contribution is 6.30. The van der Waals surface area contributed by atoms with E-state index in [1.165, 1.54) is 6.26 Å². The number of carbonyl (C=O) groups is 1. The van der Waals surface area contributed by atoms with Crippen LogP contribution < -0.4 is 11.1 Å². The molecule has 1 unspecified atom stereocenters. The second-order valence-electron chi connectivity index (χ2n) is 5.53. The lowest BCUT2D eigenvalue weighted by Crippen LogP contribution is -2.10. The Labute approximate surface area is 159 Å². The lowest BCUT2D eigenvalue weighted by atomic mass is 10.0. The fourth-order valence-electron chi connectivity index (χ4n) is 2.59. The van der Waals surface area contributed by atoms with Crippen LogP contribution in [0.5, 0.6) is 0 Å². The molecule has 1 atom stereocenters. The molecule has 136 valence electrons. The number of nitrogens with two attached hydrogens (primary N) is 1. The van der Waals surface area contributed by atoms with Crippen LogP contribution in [-0.4, -0.2) is 5.91 Å². The Morgan fingerprint density at radius 1 is 1.12 bits per heavy atom. The van der Waals surface area contributed by atoms with Gasteiger partial charge in [0, 0.05) is 22.3 Å². The Morgan fingerprint density at radius 2 is 1.81 bits per heavy atom. The molecule has 0 aliphatic rings. The number of carbonyl (C=O) groups excluding carboxylic acids is 1. The smallest absolute Gasteiger partial charge is 0.285 e. The summed E-state index contributed by atoms with van der Waals surface area (Å²) in [7, 11) is 0. The molecule has 0 bridgehead atoms. The minimum absolute atomic E-state index is 0.109. The van der Waals surface area contributed by atoms with Crippen molar-refractivity contribution in [2.24, 2.45) is 5.73 Å². The van der Waals surface area contributed by atoms with Crippen molar-refractivity contribution in [2.45, 2.75) is 26.8 Å². The lowest BCUT2D eigenvalue weighted by Gasteiger charge is -2.16. The molecule has 3 rings (SSSR count). The fourth-order valence-corrected chi connectivity index (χ4v) is 2.78. The van der Waals surface area contributed by atoms with E-state index in [0.717, 1.165) is 16.8 Å². The molecule has 3 N–H and O–H groups in total. The fraction of sp³-hybridized carbons (Fsp3) is 0.190. The van der Waals surface area contributed by atoms with E-state index >= 15 is 0 Å². The average molecular weight is 371 g/mol. The van der Waals surface area contributed by atoms with Crippen molar-refractivity contribution in [3.63, 3.8) is 0 Å². The third kappa shape index (κ3) is 4.67. The van der Waals surface area contributed by atoms with Gasteiger partial charge < -0.3 is 15.5 Å². The van der Waals surface area contributed by atoms with E-state index in [1.54, 1.807) is 6.07 Å². The first-order valence-electron chi connectivity index (χ1n) is 8.54. The van der Waals surface area contributed by atoms with E-state index in [2.05, 4.69) is 12.2 Å². The predicted molar refractivity (Wildman–Crippen MR) is 107 cm³/mol. The lowest BCUT2D eigenvalue weighted by molar-refractivity contribution is 0.0975. The molecule has 0 saturated heterocycles. The molecular formula is C21H23ClN2O2. The molecule has 3 aromatic rings. The topological polar surface area (TPSA) is 68.3 Å². The van der Waals surface area contributed by atoms with Gasteiger partial charge in [0.15, 0.2) is 5.76 Å². The number of amides is 1. The van der Waals surface area contributed by atoms with E-state index in [0.29, 0.717) is 10.6 Å². The van der Waals surface area contributed by atoms with Gasteiger partial charge in [-0.1, -0.05) is 55.8 Å². The van der Waals surface area contributed by atoms with E-state index in [1.807, 2.05) is 62.4 Å². The molecular weight excluding hydrogens is 348 g/mol. The monoisotopic (exact) mass is 370 g/mol. The van der Waals surface area contributed by atoms with Gasteiger partial charge >= 0.3 is 0 Å². The Balaban J connectivity index is 0.00000117. The highest BCUT2D eigenvalue weighted by Crippen LogP contribution is 2.27. The van der Waals surface area contributed by atoms with Crippen molar-refractivity contribution in [3.8, 4) is 11.1 Å². The van der Waals surface area contributed by atoms with Crippen molar-refractivity contribution >= 4 is 23.2 Å². The van der Waals surface area contributed by atoms with Gasteiger partial charge in [0.05, 0.1) is 6.26 Å². The highest BCUT2D eigenvalue weighted by Gasteiger charge is 2.14. The zero-order valence-electron chi connectivity index (χ0n) is 15.1. The van der Waals surface area contributed by atoms with E-state index in [9.17, 15) is 4.79 Å². The second-order valence-corrected chi connectivity index (χ2v) is 5.96. The van der Waals surface area contributed by atoms with Gasteiger partial charge in [-0.05, 0) is 42.3 Å². The van der Waals surface area contributed by atoms with Crippen LogP contribution >= 0.6 is 11.6 Å². The van der Waals surface area contributed by atoms with Crippen LogP contribution in [0.4, 0.5) is 5.69 Å². The first-order chi connectivity index (χ1) is 12.5. The summed E-state index contributed by atoms with van der Waals surface area (Å²) in [5, 5.41) is 4.10. The molecule has 0 spiro atoms. The zero-order chi connectivity index (χ0) is 19.1. The summed E-state index contributed by atoms with van der Waals surface area (Å²) >= 11 is 6.01. The molecule has 0 radical (unpaired) electrons. The third-order valence-corrected chi connectivity index (χ3v) is 4.05. The predicted octanol–water partition coefficient (Wildman–Crippen LogP) is 5.90. The molecule has 26 heavy (non-hydrogen) atoms. The highest BCUT2D eigenvalue weighted by atomic mass is 35.5. The number of rotatable bonds is 5. The van der Waals surface area contributed by atoms with Crippen LogP contribution in [0.15, 0.2) is 65.3 Å². The quantitative estimate of drug-likeness (QED) is 0.587. The standard InChI is InChI=1S/C19H17ClN2O2.C2H6/c1-12(22-16-4-2-3-15(20)11-16)13-5-7-14(8-6-13)17-9-10-24-18(17)19(21)23;1-2/h2-12,22H,1H3,(H2,21,23);1-2H3. The molecule has 1 heterocycles. The largest absolute Gasteiger partial charge is 0.459 e. The van der Waals surface area contributed by atoms with Crippen LogP contribution in [0.1, 0.15) is 42.9 Å². The Bertz CT molecular complexity index is 856. The summed E-state index contributed by atoms with van der Waals surface area (Å²) in [5.41, 5.74) is 8.98. The van der Waals surface area contributed by atoms with Crippen molar-refractivity contribution in [1.82, 2.24) is 0 Å². The molecule has 4 nitrogen and oxygen atoms in total. The van der Waals surface area contributed by atoms with Gasteiger partial charge in [-0.2, -0.15) is 0 Å². The molecule has 0 saturated carbocycles. The zero-order valence-corrected chi connectivity index (χ0v) is 15.9. The van der Waals surface area contributed by atoms with Crippen LogP contribution in [0.3, 0.4) is 0 Å². The second kappa shape index (κ2) is 9.11. The SMILES string of the molecule is CC.CC(Nc1cccc(Cl)c1)c1ccc(-c2ccoc2C(N)=O)cc1. The van der Waals surface area contributed by atoms with E-state index in [4.69, 9.17) is 21.8 Å². The Kier molecular flexibility index (Phi) is 6.87. The summed E-state index contributed by atoms with van der Waals surface area (Å²) in [5.74, 6) is -0.400. The van der Waals surface area contributed by atoms with Crippen molar-refractivity contribution < 1.29 is 9.21 Å². The minimum Gasteiger partial charge on any atom is -0.459 e. The van der Waals surface area contributed by atoms with Crippen LogP contribution in [-0.2, 0) is 0 Å². The van der Waals surface area contributed by atoms with Gasteiger partial charge in [-0.3, -0.25) is 4.79 Å². The number of hydrogen-bond acceptors (Lipinski definition) is 3. The van der Waals surface area contributed by atoms with Gasteiger partial charge in [-0.25, -0.2) is 0 Å². The number of primary amides is 1. The van der Waals surface area contributed by atoms with Gasteiger partial charge in [0.25, 0.3) is 5.91 Å². The van der Waals surface area contributed by atoms with E-state index in [-0.39, 0.29) is 11.8 Å². The maximum Gasteiger partial charge on any atom is 0.285 e. The first kappa shape index (κ1) is 19.6. The number of benzene rings is 2. The maximum absolute atomic E-state index is 11.4. The van der Waals surface area contributed by atoms with Gasteiger partial charge in [0.1, 0.15) is 0 Å². The molecule has 1 aromatic heterocycles. The normalized spacial score (nSPS) is 11.2. The number of furan rings is 1. The number of anilines is 1. The third-order valence-electron chi connectivity index (χ3n) is 3.82. The summed E-state index contributed by atoms with van der Waals surface area (Å²) in [6, 6.07) is 17.4. The molecule has 1 amide bonds. The molecule has 2 aromatic carbocycles. The van der Waals surface area contributed by atoms with Crippen LogP contribution in [0, 0.1) is 0 Å². The Hall–Kier alpha value is -2.72. The first-order valence-corrected chi connectivity index (χ1v) is 8.92. The number of halogens is 1. The summed E-state index contributed by atoms with van der Waals surface area (Å²) in [6.45, 7) is 6.07. The minimum atomic E-state index is -0.574. The summed E-state index contributed by atoms with van der Waals surface area (Å²) in [4.78, 5) is 11.4. The van der Waals surface area contributed by atoms with Crippen LogP contribution in [0.2, 0.25) is 5.02 Å². The van der Waals surface area contributed by atoms with Crippen molar-refractivity contribution in [1.29, 1.82) is 0 Å². The Morgan fingerprint density at radius 3 is 2.42 bits per heavy atom. The molecule has 0 aliphatic carbocycles. The van der Waals surface area contributed by atoms with E-state index < -0.39 is 5.91 Å². The number of hydrogen-bond donors (Lipinski definition) is 2. The average Bonchev–Trinajstić information content (AvgIpc) is 3.14. The molecule has 0 fully saturated rings.